The summed E-state index contributed by atoms with van der Waals surface area (Å²) in [6, 6.07) is 14.4. The summed E-state index contributed by atoms with van der Waals surface area (Å²) >= 11 is 0. The molecule has 0 spiro atoms. The highest BCUT2D eigenvalue weighted by Gasteiger charge is 2.34. The van der Waals surface area contributed by atoms with Crippen molar-refractivity contribution in [1.29, 1.82) is 0 Å². The Morgan fingerprint density at radius 2 is 1.71 bits per heavy atom. The molecule has 2 aromatic carbocycles. The zero-order valence-electron chi connectivity index (χ0n) is 21.7. The molecule has 11 heteroatoms. The second-order valence-corrected chi connectivity index (χ2v) is 8.54. The van der Waals surface area contributed by atoms with Gasteiger partial charge in [-0.3, -0.25) is 10.1 Å². The lowest BCUT2D eigenvalue weighted by Gasteiger charge is -2.13. The minimum atomic E-state index is -4.53. The van der Waals surface area contributed by atoms with E-state index >= 15 is 0 Å². The number of alkyl halides is 3. The second-order valence-electron chi connectivity index (χ2n) is 8.54. The smallest absolute Gasteiger partial charge is 0.360 e. The van der Waals surface area contributed by atoms with Gasteiger partial charge in [-0.05, 0) is 17.0 Å². The molecule has 0 aliphatic heterocycles. The highest BCUT2D eigenvalue weighted by molar-refractivity contribution is 5.66. The summed E-state index contributed by atoms with van der Waals surface area (Å²) in [7, 11) is 1.50. The first kappa shape index (κ1) is 28.3. The van der Waals surface area contributed by atoms with Crippen molar-refractivity contribution in [2.24, 2.45) is 7.05 Å². The summed E-state index contributed by atoms with van der Waals surface area (Å²) in [6.07, 6.45) is -2.40. The van der Waals surface area contributed by atoms with Gasteiger partial charge in [-0.15, -0.1) is 0 Å². The highest BCUT2D eigenvalue weighted by atomic mass is 19.4. The number of nitro groups is 1. The molecule has 0 aliphatic rings. The molecule has 2 heterocycles. The Labute approximate surface area is 218 Å². The van der Waals surface area contributed by atoms with Crippen LogP contribution in [0.5, 0.6) is 0 Å². The lowest BCUT2D eigenvalue weighted by Crippen LogP contribution is -2.07. The molecule has 0 atom stereocenters. The topological polar surface area (TPSA) is 98.8 Å². The Balaban J connectivity index is 0.00000195. The quantitative estimate of drug-likeness (QED) is 0.201. The van der Waals surface area contributed by atoms with Gasteiger partial charge in [-0.25, -0.2) is 15.0 Å². The van der Waals surface area contributed by atoms with E-state index in [1.54, 1.807) is 24.3 Å². The first-order valence-corrected chi connectivity index (χ1v) is 12.1. The predicted octanol–water partition coefficient (Wildman–Crippen LogP) is 7.23. The maximum atomic E-state index is 13.0. The lowest BCUT2D eigenvalue weighted by atomic mass is 9.97. The average Bonchev–Trinajstić information content (AvgIpc) is 3.31. The summed E-state index contributed by atoms with van der Waals surface area (Å²) in [4.78, 5) is 23.4. The first-order chi connectivity index (χ1) is 18.0. The van der Waals surface area contributed by atoms with Crippen LogP contribution in [0, 0.1) is 10.1 Å². The summed E-state index contributed by atoms with van der Waals surface area (Å²) in [6.45, 7) is 8.29. The van der Waals surface area contributed by atoms with Gasteiger partial charge in [0.15, 0.2) is 11.5 Å². The predicted molar refractivity (Wildman–Crippen MR) is 141 cm³/mol. The molecule has 38 heavy (non-hydrogen) atoms. The third-order valence-corrected chi connectivity index (χ3v) is 5.63. The lowest BCUT2D eigenvalue weighted by molar-refractivity contribution is -0.384. The summed E-state index contributed by atoms with van der Waals surface area (Å²) in [5.41, 5.74) is 1.86. The minimum absolute atomic E-state index is 0.0755. The fraction of sp³-hybridized carbons (Fsp3) is 0.296. The Bertz CT molecular complexity index is 1400. The van der Waals surface area contributed by atoms with E-state index in [0.29, 0.717) is 11.4 Å². The van der Waals surface area contributed by atoms with E-state index in [1.807, 2.05) is 52.0 Å². The van der Waals surface area contributed by atoms with Crippen molar-refractivity contribution in [3.63, 3.8) is 0 Å². The number of benzene rings is 2. The van der Waals surface area contributed by atoms with E-state index in [4.69, 9.17) is 0 Å². The number of aromatic nitrogens is 4. The zero-order valence-corrected chi connectivity index (χ0v) is 21.7. The van der Waals surface area contributed by atoms with E-state index in [2.05, 4.69) is 20.3 Å². The van der Waals surface area contributed by atoms with Crippen LogP contribution in [0.1, 0.15) is 50.4 Å². The number of halogens is 3. The Hall–Kier alpha value is -4.28. The third kappa shape index (κ3) is 6.34. The SMILES string of the molecule is CC.CC(C)c1ccccc1-c1ncc([N+](=O)[O-])c(NCc2ccc(-c3nc(C(F)(F)F)cn3C)cc2)n1. The molecule has 8 nitrogen and oxygen atoms in total. The van der Waals surface area contributed by atoms with Crippen molar-refractivity contribution in [3.8, 4) is 22.8 Å². The minimum Gasteiger partial charge on any atom is -0.360 e. The van der Waals surface area contributed by atoms with Crippen molar-refractivity contribution < 1.29 is 18.1 Å². The number of rotatable bonds is 7. The van der Waals surface area contributed by atoms with Crippen LogP contribution in [0.2, 0.25) is 0 Å². The van der Waals surface area contributed by atoms with Crippen LogP contribution in [0.4, 0.5) is 24.7 Å². The van der Waals surface area contributed by atoms with Crippen molar-refractivity contribution in [2.45, 2.75) is 46.3 Å². The van der Waals surface area contributed by atoms with Gasteiger partial charge >= 0.3 is 11.9 Å². The van der Waals surface area contributed by atoms with Gasteiger partial charge in [0.25, 0.3) is 0 Å². The maximum absolute atomic E-state index is 13.0. The number of nitrogens with one attached hydrogen (secondary N) is 1. The van der Waals surface area contributed by atoms with E-state index in [9.17, 15) is 23.3 Å². The Kier molecular flexibility index (Phi) is 8.82. The summed E-state index contributed by atoms with van der Waals surface area (Å²) in [5, 5.41) is 14.6. The number of hydrogen-bond donors (Lipinski definition) is 1. The molecule has 2 aromatic heterocycles. The van der Waals surface area contributed by atoms with Crippen LogP contribution >= 0.6 is 0 Å². The molecular weight excluding hydrogens is 497 g/mol. The molecule has 0 radical (unpaired) electrons. The molecule has 0 bridgehead atoms. The molecule has 4 aromatic rings. The van der Waals surface area contributed by atoms with Crippen molar-refractivity contribution in [2.75, 3.05) is 5.32 Å². The van der Waals surface area contributed by atoms with Gasteiger partial charge in [-0.2, -0.15) is 13.2 Å². The normalized spacial score (nSPS) is 11.2. The van der Waals surface area contributed by atoms with E-state index in [-0.39, 0.29) is 29.8 Å². The molecule has 0 aliphatic carbocycles. The standard InChI is InChI=1S/C25H23F3N6O2.C2H6/c1-15(2)18-6-4-5-7-19(18)22-30-13-20(34(35)36)23(32-22)29-12-16-8-10-17(11-9-16)24-31-21(14-33(24)3)25(26,27)28;1-2/h4-11,13-15H,12H2,1-3H3,(H,29,30,32);1-2H3. The molecule has 200 valence electrons. The van der Waals surface area contributed by atoms with E-state index in [0.717, 1.165) is 22.9 Å². The zero-order chi connectivity index (χ0) is 28.0. The number of anilines is 1. The van der Waals surface area contributed by atoms with Crippen LogP contribution in [0.25, 0.3) is 22.8 Å². The van der Waals surface area contributed by atoms with Crippen LogP contribution < -0.4 is 5.32 Å². The number of nitrogens with zero attached hydrogens (tertiary/aromatic N) is 5. The Morgan fingerprint density at radius 1 is 1.05 bits per heavy atom. The van der Waals surface area contributed by atoms with E-state index < -0.39 is 16.8 Å². The fourth-order valence-electron chi connectivity index (χ4n) is 3.80. The van der Waals surface area contributed by atoms with Gasteiger partial charge in [0, 0.05) is 30.9 Å². The van der Waals surface area contributed by atoms with Crippen LogP contribution in [-0.2, 0) is 19.8 Å². The molecule has 4 rings (SSSR count). The van der Waals surface area contributed by atoms with Crippen molar-refractivity contribution >= 4 is 11.5 Å². The monoisotopic (exact) mass is 526 g/mol. The number of aryl methyl sites for hydroxylation is 1. The number of imidazole rings is 1. The number of hydrogen-bond acceptors (Lipinski definition) is 6. The van der Waals surface area contributed by atoms with Gasteiger partial charge in [0.05, 0.1) is 4.92 Å². The van der Waals surface area contributed by atoms with Gasteiger partial charge in [0.2, 0.25) is 5.82 Å². The van der Waals surface area contributed by atoms with Crippen molar-refractivity contribution in [3.05, 3.63) is 87.9 Å². The fourth-order valence-corrected chi connectivity index (χ4v) is 3.80. The highest BCUT2D eigenvalue weighted by Crippen LogP contribution is 2.32. The summed E-state index contributed by atoms with van der Waals surface area (Å²) < 4.78 is 40.2. The maximum Gasteiger partial charge on any atom is 0.434 e. The average molecular weight is 527 g/mol. The van der Waals surface area contributed by atoms with Gasteiger partial charge in [-0.1, -0.05) is 76.2 Å². The molecule has 0 fully saturated rings. The van der Waals surface area contributed by atoms with Crippen LogP contribution in [0.3, 0.4) is 0 Å². The van der Waals surface area contributed by atoms with Crippen molar-refractivity contribution in [1.82, 2.24) is 19.5 Å². The largest absolute Gasteiger partial charge is 0.434 e. The molecular formula is C27H29F3N6O2. The summed E-state index contributed by atoms with van der Waals surface area (Å²) in [5.74, 6) is 0.840. The first-order valence-electron chi connectivity index (χ1n) is 12.1. The Morgan fingerprint density at radius 3 is 2.29 bits per heavy atom. The molecule has 0 unspecified atom stereocenters. The molecule has 1 N–H and O–H groups in total. The van der Waals surface area contributed by atoms with Gasteiger partial charge < -0.3 is 9.88 Å². The van der Waals surface area contributed by atoms with Crippen LogP contribution in [-0.4, -0.2) is 24.4 Å². The third-order valence-electron chi connectivity index (χ3n) is 5.63. The van der Waals surface area contributed by atoms with Gasteiger partial charge in [0.1, 0.15) is 12.0 Å². The second kappa shape index (κ2) is 11.8. The molecule has 0 saturated carbocycles. The van der Waals surface area contributed by atoms with E-state index in [1.165, 1.54) is 17.8 Å². The molecule has 0 amide bonds. The molecule has 0 saturated heterocycles. The van der Waals surface area contributed by atoms with Crippen LogP contribution in [0.15, 0.2) is 60.9 Å².